The summed E-state index contributed by atoms with van der Waals surface area (Å²) in [6.07, 6.45) is 7.01. The van der Waals surface area contributed by atoms with E-state index < -0.39 is 0 Å². The summed E-state index contributed by atoms with van der Waals surface area (Å²) in [5, 5.41) is 3.90. The van der Waals surface area contributed by atoms with E-state index in [1.807, 2.05) is 0 Å². The molecule has 2 saturated heterocycles. The lowest BCUT2D eigenvalue weighted by Gasteiger charge is -2.33. The maximum atomic E-state index is 12.1. The smallest absolute Gasteiger partial charge is 0.225 e. The van der Waals surface area contributed by atoms with E-state index in [-0.39, 0.29) is 5.91 Å². The molecule has 2 aliphatic heterocycles. The SMILES string of the molecule is CNC(=O)Cc1sc2ncnc(N3CCC(COCCN4CCCC4)CC3)c2c1C(C)C. The topological polar surface area (TPSA) is 70.6 Å². The van der Waals surface area contributed by atoms with Crippen molar-refractivity contribution >= 4 is 33.3 Å². The van der Waals surface area contributed by atoms with E-state index >= 15 is 0 Å². The number of piperidine rings is 1. The maximum absolute atomic E-state index is 12.1. The summed E-state index contributed by atoms with van der Waals surface area (Å²) in [6, 6.07) is 0. The van der Waals surface area contributed by atoms with Crippen LogP contribution in [0.5, 0.6) is 0 Å². The Morgan fingerprint density at radius 1 is 1.22 bits per heavy atom. The van der Waals surface area contributed by atoms with Crippen LogP contribution in [-0.4, -0.2) is 73.8 Å². The Labute approximate surface area is 195 Å². The van der Waals surface area contributed by atoms with Gasteiger partial charge >= 0.3 is 0 Å². The zero-order valence-corrected chi connectivity index (χ0v) is 20.5. The van der Waals surface area contributed by atoms with E-state index in [0.717, 1.165) is 66.6 Å². The average Bonchev–Trinajstić information content (AvgIpc) is 3.44. The molecule has 0 spiro atoms. The second-order valence-corrected chi connectivity index (χ2v) is 10.5. The van der Waals surface area contributed by atoms with Crippen molar-refractivity contribution in [2.24, 2.45) is 5.92 Å². The van der Waals surface area contributed by atoms with Crippen molar-refractivity contribution in [1.29, 1.82) is 0 Å². The first-order valence-corrected chi connectivity index (χ1v) is 12.9. The van der Waals surface area contributed by atoms with Crippen molar-refractivity contribution in [3.8, 4) is 0 Å². The third kappa shape index (κ3) is 5.41. The zero-order chi connectivity index (χ0) is 22.5. The Morgan fingerprint density at radius 2 is 1.97 bits per heavy atom. The second kappa shape index (κ2) is 10.9. The van der Waals surface area contributed by atoms with Gasteiger partial charge in [-0.25, -0.2) is 9.97 Å². The Hall–Kier alpha value is -1.77. The third-order valence-electron chi connectivity index (χ3n) is 6.78. The summed E-state index contributed by atoms with van der Waals surface area (Å²) in [5.41, 5.74) is 1.23. The first kappa shape index (κ1) is 23.4. The van der Waals surface area contributed by atoms with Crippen LogP contribution in [0.1, 0.15) is 55.9 Å². The lowest BCUT2D eigenvalue weighted by molar-refractivity contribution is -0.119. The lowest BCUT2D eigenvalue weighted by atomic mass is 9.96. The molecule has 1 N–H and O–H groups in total. The predicted octanol–water partition coefficient (Wildman–Crippen LogP) is 3.43. The van der Waals surface area contributed by atoms with Gasteiger partial charge in [0, 0.05) is 38.2 Å². The van der Waals surface area contributed by atoms with Gasteiger partial charge in [-0.05, 0) is 56.2 Å². The number of nitrogens with zero attached hydrogens (tertiary/aromatic N) is 4. The van der Waals surface area contributed by atoms with Crippen molar-refractivity contribution in [2.45, 2.75) is 51.9 Å². The van der Waals surface area contributed by atoms with Gasteiger partial charge in [0.15, 0.2) is 0 Å². The summed E-state index contributed by atoms with van der Waals surface area (Å²) in [7, 11) is 1.69. The van der Waals surface area contributed by atoms with E-state index in [1.165, 1.54) is 31.5 Å². The Balaban J connectivity index is 1.40. The van der Waals surface area contributed by atoms with Crippen molar-refractivity contribution in [2.75, 3.05) is 57.9 Å². The number of thiophene rings is 1. The molecule has 0 unspecified atom stereocenters. The number of carbonyl (C=O) groups is 1. The highest BCUT2D eigenvalue weighted by atomic mass is 32.1. The van der Waals surface area contributed by atoms with Crippen LogP contribution in [0.25, 0.3) is 10.2 Å². The fourth-order valence-corrected chi connectivity index (χ4v) is 6.25. The molecule has 0 aliphatic carbocycles. The number of likely N-dealkylation sites (tertiary alicyclic amines) is 1. The standard InChI is InChI=1S/C24H37N5O2S/c1-17(2)21-19(14-20(30)25-3)32-24-22(21)23(26-16-27-24)29-10-6-18(7-11-29)15-31-13-12-28-8-4-5-9-28/h16-18H,4-15H2,1-3H3,(H,25,30). The summed E-state index contributed by atoms with van der Waals surface area (Å²) < 4.78 is 6.03. The molecule has 0 bridgehead atoms. The van der Waals surface area contributed by atoms with Crippen LogP contribution in [0.3, 0.4) is 0 Å². The van der Waals surface area contributed by atoms with Gasteiger partial charge in [0.25, 0.3) is 0 Å². The molecule has 4 heterocycles. The molecular weight excluding hydrogens is 422 g/mol. The highest BCUT2D eigenvalue weighted by molar-refractivity contribution is 7.19. The molecule has 2 aromatic rings. The molecule has 0 radical (unpaired) electrons. The molecule has 2 fully saturated rings. The quantitative estimate of drug-likeness (QED) is 0.580. The fourth-order valence-electron chi connectivity index (χ4n) is 4.96. The maximum Gasteiger partial charge on any atom is 0.225 e. The number of rotatable bonds is 9. The van der Waals surface area contributed by atoms with Crippen molar-refractivity contribution in [3.05, 3.63) is 16.8 Å². The van der Waals surface area contributed by atoms with Gasteiger partial charge in [0.05, 0.1) is 18.4 Å². The molecule has 2 aromatic heterocycles. The Bertz CT molecular complexity index is 901. The number of fused-ring (bicyclic) bond motifs is 1. The molecule has 176 valence electrons. The molecule has 7 nitrogen and oxygen atoms in total. The van der Waals surface area contributed by atoms with Crippen LogP contribution in [0.2, 0.25) is 0 Å². The monoisotopic (exact) mass is 459 g/mol. The fraction of sp³-hybridized carbons (Fsp3) is 0.708. The van der Waals surface area contributed by atoms with Crippen LogP contribution < -0.4 is 10.2 Å². The number of hydrogen-bond acceptors (Lipinski definition) is 7. The van der Waals surface area contributed by atoms with Crippen LogP contribution >= 0.6 is 11.3 Å². The number of hydrogen-bond donors (Lipinski definition) is 1. The molecule has 2 aliphatic rings. The predicted molar refractivity (Wildman–Crippen MR) is 131 cm³/mol. The third-order valence-corrected chi connectivity index (χ3v) is 7.89. The van der Waals surface area contributed by atoms with Gasteiger partial charge < -0.3 is 19.9 Å². The minimum Gasteiger partial charge on any atom is -0.380 e. The molecule has 4 rings (SSSR count). The largest absolute Gasteiger partial charge is 0.380 e. The van der Waals surface area contributed by atoms with Crippen molar-refractivity contribution in [1.82, 2.24) is 20.2 Å². The van der Waals surface area contributed by atoms with Crippen LogP contribution in [0.15, 0.2) is 6.33 Å². The molecule has 0 atom stereocenters. The first-order valence-electron chi connectivity index (χ1n) is 12.1. The summed E-state index contributed by atoms with van der Waals surface area (Å²) in [5.74, 6) is 2.01. The Kier molecular flexibility index (Phi) is 7.97. The van der Waals surface area contributed by atoms with Gasteiger partial charge in [-0.1, -0.05) is 13.8 Å². The van der Waals surface area contributed by atoms with Crippen LogP contribution in [-0.2, 0) is 16.0 Å². The van der Waals surface area contributed by atoms with Gasteiger partial charge in [-0.2, -0.15) is 0 Å². The zero-order valence-electron chi connectivity index (χ0n) is 19.7. The summed E-state index contributed by atoms with van der Waals surface area (Å²) in [4.78, 5) is 28.4. The van der Waals surface area contributed by atoms with Gasteiger partial charge in [-0.3, -0.25) is 4.79 Å². The number of anilines is 1. The van der Waals surface area contributed by atoms with Gasteiger partial charge in [-0.15, -0.1) is 11.3 Å². The molecule has 0 aromatic carbocycles. The molecular formula is C24H37N5O2S. The average molecular weight is 460 g/mol. The Morgan fingerprint density at radius 3 is 2.66 bits per heavy atom. The summed E-state index contributed by atoms with van der Waals surface area (Å²) in [6.45, 7) is 11.6. The van der Waals surface area contributed by atoms with E-state index in [0.29, 0.717) is 18.3 Å². The second-order valence-electron chi connectivity index (χ2n) is 9.38. The van der Waals surface area contributed by atoms with Crippen molar-refractivity contribution in [3.63, 3.8) is 0 Å². The normalized spacial score (nSPS) is 18.2. The van der Waals surface area contributed by atoms with E-state index in [9.17, 15) is 4.79 Å². The minimum absolute atomic E-state index is 0.0403. The molecule has 1 amide bonds. The number of carbonyl (C=O) groups excluding carboxylic acids is 1. The van der Waals surface area contributed by atoms with E-state index in [1.54, 1.807) is 24.7 Å². The highest BCUT2D eigenvalue weighted by Crippen LogP contribution is 2.40. The molecule has 32 heavy (non-hydrogen) atoms. The highest BCUT2D eigenvalue weighted by Gasteiger charge is 2.26. The van der Waals surface area contributed by atoms with Crippen LogP contribution in [0.4, 0.5) is 5.82 Å². The van der Waals surface area contributed by atoms with Crippen molar-refractivity contribution < 1.29 is 9.53 Å². The number of likely N-dealkylation sites (N-methyl/N-ethyl adjacent to an activating group) is 1. The first-order chi connectivity index (χ1) is 15.6. The van der Waals surface area contributed by atoms with Gasteiger partial charge in [0.2, 0.25) is 5.91 Å². The lowest BCUT2D eigenvalue weighted by Crippen LogP contribution is -2.36. The molecule has 8 heteroatoms. The van der Waals surface area contributed by atoms with Crippen LogP contribution in [0, 0.1) is 5.92 Å². The number of amides is 1. The number of nitrogens with one attached hydrogen (secondary N) is 1. The minimum atomic E-state index is 0.0403. The summed E-state index contributed by atoms with van der Waals surface area (Å²) >= 11 is 1.64. The number of aromatic nitrogens is 2. The van der Waals surface area contributed by atoms with E-state index in [4.69, 9.17) is 9.72 Å². The van der Waals surface area contributed by atoms with Gasteiger partial charge in [0.1, 0.15) is 17.0 Å². The molecule has 0 saturated carbocycles. The number of ether oxygens (including phenoxy) is 1. The van der Waals surface area contributed by atoms with E-state index in [2.05, 4.69) is 33.9 Å².